The van der Waals surface area contributed by atoms with E-state index in [0.717, 1.165) is 12.8 Å². The van der Waals surface area contributed by atoms with Gasteiger partial charge < -0.3 is 20.4 Å². The van der Waals surface area contributed by atoms with Crippen LogP contribution in [0.4, 0.5) is 14.0 Å². The highest BCUT2D eigenvalue weighted by molar-refractivity contribution is 5.53. The zero-order valence-corrected chi connectivity index (χ0v) is 7.10. The fourth-order valence-corrected chi connectivity index (χ4v) is 0.134. The summed E-state index contributed by atoms with van der Waals surface area (Å²) in [4.78, 5) is 17.1. The van der Waals surface area contributed by atoms with Crippen molar-refractivity contribution in [3.63, 3.8) is 0 Å². The first-order valence-corrected chi connectivity index (χ1v) is 3.28. The van der Waals surface area contributed by atoms with E-state index in [4.69, 9.17) is 30.0 Å². The van der Waals surface area contributed by atoms with E-state index in [-0.39, 0.29) is 6.67 Å². The third-order valence-electron chi connectivity index (χ3n) is 0.487. The molecule has 0 fully saturated rings. The molecule has 7 heteroatoms. The molecule has 0 aliphatic heterocycles. The molecular weight excluding hydrogens is 187 g/mol. The minimum absolute atomic E-state index is 0.156. The summed E-state index contributed by atoms with van der Waals surface area (Å²) in [5.74, 6) is 0. The first-order valence-electron chi connectivity index (χ1n) is 3.28. The Morgan fingerprint density at radius 2 is 1.31 bits per heavy atom. The second kappa shape index (κ2) is 16.8. The van der Waals surface area contributed by atoms with E-state index in [0.29, 0.717) is 0 Å². The van der Waals surface area contributed by atoms with Crippen LogP contribution in [0.5, 0.6) is 0 Å². The molecule has 0 aromatic carbocycles. The van der Waals surface area contributed by atoms with Crippen LogP contribution in [0, 0.1) is 0 Å². The minimum Gasteiger partial charge on any atom is -0.450 e. The fraction of sp³-hybridized carbons (Fsp3) is 0.667. The molecule has 0 aromatic heterocycles. The van der Waals surface area contributed by atoms with Crippen molar-refractivity contribution in [3.8, 4) is 0 Å². The molecule has 80 valence electrons. The number of carboxylic acid groups (broad SMARTS) is 4. The Kier molecular flexibility index (Phi) is 22.7. The van der Waals surface area contributed by atoms with Crippen molar-refractivity contribution in [2.75, 3.05) is 6.67 Å². The lowest BCUT2D eigenvalue weighted by atomic mass is 10.4. The Morgan fingerprint density at radius 1 is 1.08 bits per heavy atom. The SMILES string of the molecule is CCCCF.O=C(O)O.O=C(O)O. The van der Waals surface area contributed by atoms with Crippen LogP contribution in [0.1, 0.15) is 19.8 Å². The van der Waals surface area contributed by atoms with Crippen molar-refractivity contribution in [3.05, 3.63) is 0 Å². The van der Waals surface area contributed by atoms with Gasteiger partial charge in [0.25, 0.3) is 0 Å². The number of alkyl halides is 1. The Balaban J connectivity index is -0.000000117. The number of rotatable bonds is 2. The average Bonchev–Trinajstić information content (AvgIpc) is 1.86. The molecular formula is C6H13FO6. The van der Waals surface area contributed by atoms with Gasteiger partial charge in [0.05, 0.1) is 6.67 Å². The van der Waals surface area contributed by atoms with Crippen molar-refractivity contribution >= 4 is 12.3 Å². The van der Waals surface area contributed by atoms with E-state index >= 15 is 0 Å². The fourth-order valence-electron chi connectivity index (χ4n) is 0.134. The van der Waals surface area contributed by atoms with Crippen molar-refractivity contribution in [2.24, 2.45) is 0 Å². The zero-order valence-electron chi connectivity index (χ0n) is 7.10. The second-order valence-electron chi connectivity index (χ2n) is 1.61. The van der Waals surface area contributed by atoms with Crippen LogP contribution in [-0.4, -0.2) is 39.4 Å². The van der Waals surface area contributed by atoms with Crippen LogP contribution >= 0.6 is 0 Å². The van der Waals surface area contributed by atoms with Crippen molar-refractivity contribution in [1.82, 2.24) is 0 Å². The van der Waals surface area contributed by atoms with Gasteiger partial charge >= 0.3 is 12.3 Å². The Bertz CT molecular complexity index is 104. The molecule has 0 bridgehead atoms. The van der Waals surface area contributed by atoms with Gasteiger partial charge in [-0.3, -0.25) is 4.39 Å². The molecule has 0 atom stereocenters. The highest BCUT2D eigenvalue weighted by Gasteiger charge is 1.71. The van der Waals surface area contributed by atoms with Crippen LogP contribution in [0.15, 0.2) is 0 Å². The molecule has 0 heterocycles. The molecule has 0 aromatic rings. The van der Waals surface area contributed by atoms with E-state index in [1.165, 1.54) is 0 Å². The number of carbonyl (C=O) groups is 2. The summed E-state index contributed by atoms with van der Waals surface area (Å²) in [5, 5.41) is 27.9. The summed E-state index contributed by atoms with van der Waals surface area (Å²) in [5.41, 5.74) is 0. The third-order valence-corrected chi connectivity index (χ3v) is 0.487. The molecule has 0 aliphatic carbocycles. The zero-order chi connectivity index (χ0) is 11.3. The predicted octanol–water partition coefficient (Wildman–Crippen LogP) is 2.20. The van der Waals surface area contributed by atoms with Gasteiger partial charge in [-0.1, -0.05) is 13.3 Å². The normalized spacial score (nSPS) is 6.92. The number of hydrogen-bond acceptors (Lipinski definition) is 2. The molecule has 0 saturated heterocycles. The number of halogens is 1. The largest absolute Gasteiger partial charge is 0.503 e. The Labute approximate surface area is 74.2 Å². The summed E-state index contributed by atoms with van der Waals surface area (Å²) in [7, 11) is 0. The lowest BCUT2D eigenvalue weighted by Crippen LogP contribution is -1.81. The molecule has 0 amide bonds. The number of unbranched alkanes of at least 4 members (excludes halogenated alkanes) is 1. The van der Waals surface area contributed by atoms with E-state index < -0.39 is 12.3 Å². The molecule has 0 spiro atoms. The Morgan fingerprint density at radius 3 is 1.31 bits per heavy atom. The lowest BCUT2D eigenvalue weighted by molar-refractivity contribution is 0.135. The van der Waals surface area contributed by atoms with Gasteiger partial charge in [-0.15, -0.1) is 0 Å². The van der Waals surface area contributed by atoms with E-state index in [9.17, 15) is 4.39 Å². The summed E-state index contributed by atoms with van der Waals surface area (Å²) >= 11 is 0. The molecule has 0 unspecified atom stereocenters. The number of hydrogen-bond donors (Lipinski definition) is 4. The smallest absolute Gasteiger partial charge is 0.450 e. The molecule has 0 rings (SSSR count). The first-order chi connectivity index (χ1) is 5.88. The van der Waals surface area contributed by atoms with E-state index in [1.54, 1.807) is 0 Å². The summed E-state index contributed by atoms with van der Waals surface area (Å²) in [6, 6.07) is 0. The van der Waals surface area contributed by atoms with Crippen molar-refractivity contribution in [2.45, 2.75) is 19.8 Å². The van der Waals surface area contributed by atoms with Crippen LogP contribution in [0.3, 0.4) is 0 Å². The van der Waals surface area contributed by atoms with Crippen molar-refractivity contribution < 1.29 is 34.4 Å². The molecule has 13 heavy (non-hydrogen) atoms. The van der Waals surface area contributed by atoms with Gasteiger partial charge in [0, 0.05) is 0 Å². The summed E-state index contributed by atoms with van der Waals surface area (Å²) in [6.45, 7) is 1.82. The third kappa shape index (κ3) is 3400. The van der Waals surface area contributed by atoms with Crippen LogP contribution in [0.2, 0.25) is 0 Å². The average molecular weight is 200 g/mol. The van der Waals surface area contributed by atoms with Gasteiger partial charge in [-0.05, 0) is 6.42 Å². The quantitative estimate of drug-likeness (QED) is 0.543. The molecule has 4 N–H and O–H groups in total. The second-order valence-corrected chi connectivity index (χ2v) is 1.61. The highest BCUT2D eigenvalue weighted by atomic mass is 19.1. The Hall–Kier alpha value is -1.53. The van der Waals surface area contributed by atoms with Crippen LogP contribution in [-0.2, 0) is 0 Å². The maximum atomic E-state index is 11.0. The van der Waals surface area contributed by atoms with Gasteiger partial charge in [-0.2, -0.15) is 0 Å². The monoisotopic (exact) mass is 200 g/mol. The predicted molar refractivity (Wildman–Crippen MR) is 42.2 cm³/mol. The molecule has 0 aliphatic rings. The van der Waals surface area contributed by atoms with E-state index in [2.05, 4.69) is 0 Å². The minimum atomic E-state index is -1.83. The summed E-state index contributed by atoms with van der Waals surface area (Å²) in [6.07, 6.45) is -1.98. The topological polar surface area (TPSA) is 115 Å². The van der Waals surface area contributed by atoms with Gasteiger partial charge in [0.2, 0.25) is 0 Å². The van der Waals surface area contributed by atoms with Gasteiger partial charge in [0.15, 0.2) is 0 Å². The van der Waals surface area contributed by atoms with Crippen LogP contribution < -0.4 is 0 Å². The lowest BCUT2D eigenvalue weighted by Gasteiger charge is -1.76. The molecule has 0 saturated carbocycles. The van der Waals surface area contributed by atoms with Gasteiger partial charge in [-0.25, -0.2) is 9.59 Å². The standard InChI is InChI=1S/C4H9F.2CH2O3/c1-2-3-4-5;2*2-1(3)4/h2-4H2,1H3;2*(H2,2,3,4). The first kappa shape index (κ1) is 17.5. The molecule has 0 radical (unpaired) electrons. The van der Waals surface area contributed by atoms with Gasteiger partial charge in [0.1, 0.15) is 0 Å². The molecule has 6 nitrogen and oxygen atoms in total. The summed E-state index contributed by atoms with van der Waals surface area (Å²) < 4.78 is 11.0. The maximum Gasteiger partial charge on any atom is 0.503 e. The van der Waals surface area contributed by atoms with Crippen LogP contribution in [0.25, 0.3) is 0 Å². The maximum absolute atomic E-state index is 11.0. The highest BCUT2D eigenvalue weighted by Crippen LogP contribution is 1.83. The van der Waals surface area contributed by atoms with E-state index in [1.807, 2.05) is 6.92 Å². The van der Waals surface area contributed by atoms with Crippen molar-refractivity contribution in [1.29, 1.82) is 0 Å².